The molecular weight excluding hydrogens is 366 g/mol. The number of nitrogens with zero attached hydrogens (tertiary/aromatic N) is 3. The van der Waals surface area contributed by atoms with Crippen LogP contribution in [-0.2, 0) is 11.5 Å². The summed E-state index contributed by atoms with van der Waals surface area (Å²) in [6, 6.07) is 4.00. The Labute approximate surface area is 150 Å². The van der Waals surface area contributed by atoms with Gasteiger partial charge in [-0.3, -0.25) is 4.98 Å². The molecule has 4 nitrogen and oxygen atoms in total. The monoisotopic (exact) mass is 383 g/mol. The van der Waals surface area contributed by atoms with E-state index in [1.165, 1.54) is 0 Å². The molecule has 0 aliphatic carbocycles. The third-order valence-corrected chi connectivity index (χ3v) is 4.06. The minimum Gasteiger partial charge on any atom is -0.361 e. The number of fused-ring (bicyclic) bond motifs is 1. The van der Waals surface area contributed by atoms with Gasteiger partial charge in [0.05, 0.1) is 5.56 Å². The van der Waals surface area contributed by atoms with Crippen LogP contribution < -0.4 is 0 Å². The molecule has 0 saturated heterocycles. The molecule has 0 unspecified atom stereocenters. The molecule has 0 radical (unpaired) electrons. The second-order valence-corrected chi connectivity index (χ2v) is 6.43. The Hall–Kier alpha value is -2.16. The minimum absolute atomic E-state index is 0.479. The Morgan fingerprint density at radius 2 is 2.08 bits per heavy atom. The summed E-state index contributed by atoms with van der Waals surface area (Å²) in [5.74, 6) is 6.47. The van der Waals surface area contributed by atoms with Crippen molar-refractivity contribution in [3.05, 3.63) is 58.1 Å². The Morgan fingerprint density at radius 1 is 1.25 bits per heavy atom. The third kappa shape index (κ3) is 3.66. The van der Waals surface area contributed by atoms with Crippen LogP contribution in [-0.4, -0.2) is 21.1 Å². The summed E-state index contributed by atoms with van der Waals surface area (Å²) in [5.41, 5.74) is 3.86. The van der Waals surface area contributed by atoms with E-state index in [9.17, 15) is 0 Å². The van der Waals surface area contributed by atoms with Gasteiger partial charge in [0.1, 0.15) is 12.4 Å². The SMILES string of the molecule is CCCOCn1cc(C#Cc2cnccc2C)c2cc(Br)cnc21. The molecule has 0 fully saturated rings. The lowest BCUT2D eigenvalue weighted by molar-refractivity contribution is 0.0800. The molecule has 0 aliphatic rings. The average molecular weight is 384 g/mol. The first-order chi connectivity index (χ1) is 11.7. The van der Waals surface area contributed by atoms with Crippen molar-refractivity contribution in [2.24, 2.45) is 0 Å². The van der Waals surface area contributed by atoms with E-state index >= 15 is 0 Å². The van der Waals surface area contributed by atoms with E-state index in [4.69, 9.17) is 4.74 Å². The lowest BCUT2D eigenvalue weighted by atomic mass is 10.1. The van der Waals surface area contributed by atoms with Gasteiger partial charge in [0.2, 0.25) is 0 Å². The number of pyridine rings is 2. The number of ether oxygens (including phenoxy) is 1. The van der Waals surface area contributed by atoms with E-state index in [0.717, 1.165) is 45.2 Å². The smallest absolute Gasteiger partial charge is 0.143 e. The van der Waals surface area contributed by atoms with Crippen LogP contribution >= 0.6 is 15.9 Å². The lowest BCUT2D eigenvalue weighted by Gasteiger charge is -2.04. The van der Waals surface area contributed by atoms with Gasteiger partial charge in [-0.2, -0.15) is 0 Å². The zero-order valence-electron chi connectivity index (χ0n) is 13.7. The van der Waals surface area contributed by atoms with Crippen LogP contribution in [0.1, 0.15) is 30.0 Å². The lowest BCUT2D eigenvalue weighted by Crippen LogP contribution is -2.02. The summed E-state index contributed by atoms with van der Waals surface area (Å²) in [5, 5.41) is 1.01. The number of hydrogen-bond acceptors (Lipinski definition) is 3. The van der Waals surface area contributed by atoms with Crippen molar-refractivity contribution in [1.82, 2.24) is 14.5 Å². The van der Waals surface area contributed by atoms with E-state index in [1.807, 2.05) is 29.8 Å². The van der Waals surface area contributed by atoms with Gasteiger partial charge in [-0.25, -0.2) is 4.98 Å². The van der Waals surface area contributed by atoms with Crippen molar-refractivity contribution >= 4 is 27.0 Å². The van der Waals surface area contributed by atoms with Crippen molar-refractivity contribution in [2.45, 2.75) is 27.0 Å². The zero-order chi connectivity index (χ0) is 16.9. The quantitative estimate of drug-likeness (QED) is 0.498. The fraction of sp³-hybridized carbons (Fsp3) is 0.263. The maximum atomic E-state index is 5.66. The Kier molecular flexibility index (Phi) is 5.29. The van der Waals surface area contributed by atoms with Crippen LogP contribution in [0.3, 0.4) is 0 Å². The van der Waals surface area contributed by atoms with Crippen molar-refractivity contribution in [1.29, 1.82) is 0 Å². The highest BCUT2D eigenvalue weighted by Gasteiger charge is 2.09. The van der Waals surface area contributed by atoms with Crippen molar-refractivity contribution in [3.63, 3.8) is 0 Å². The molecule has 24 heavy (non-hydrogen) atoms. The van der Waals surface area contributed by atoms with Crippen molar-refractivity contribution in [3.8, 4) is 11.8 Å². The van der Waals surface area contributed by atoms with Gasteiger partial charge in [-0.1, -0.05) is 18.8 Å². The van der Waals surface area contributed by atoms with E-state index in [0.29, 0.717) is 6.73 Å². The first kappa shape index (κ1) is 16.7. The number of aromatic nitrogens is 3. The Morgan fingerprint density at radius 3 is 2.88 bits per heavy atom. The van der Waals surface area contributed by atoms with Crippen LogP contribution in [0.25, 0.3) is 11.0 Å². The van der Waals surface area contributed by atoms with Gasteiger partial charge in [0.25, 0.3) is 0 Å². The summed E-state index contributed by atoms with van der Waals surface area (Å²) in [6.07, 6.45) is 8.35. The van der Waals surface area contributed by atoms with E-state index in [2.05, 4.69) is 44.7 Å². The van der Waals surface area contributed by atoms with Crippen molar-refractivity contribution in [2.75, 3.05) is 6.61 Å². The Bertz CT molecular complexity index is 921. The van der Waals surface area contributed by atoms with Crippen LogP contribution in [0, 0.1) is 18.8 Å². The molecular formula is C19H18BrN3O. The molecule has 3 aromatic rings. The summed E-state index contributed by atoms with van der Waals surface area (Å²) < 4.78 is 8.59. The maximum Gasteiger partial charge on any atom is 0.143 e. The first-order valence-corrected chi connectivity index (χ1v) is 8.63. The van der Waals surface area contributed by atoms with E-state index in [-0.39, 0.29) is 0 Å². The molecule has 3 heterocycles. The zero-order valence-corrected chi connectivity index (χ0v) is 15.3. The van der Waals surface area contributed by atoms with Gasteiger partial charge < -0.3 is 9.30 Å². The molecule has 0 bridgehead atoms. The van der Waals surface area contributed by atoms with Gasteiger partial charge in [-0.05, 0) is 47.0 Å². The molecule has 3 aromatic heterocycles. The highest BCUT2D eigenvalue weighted by atomic mass is 79.9. The highest BCUT2D eigenvalue weighted by Crippen LogP contribution is 2.23. The second-order valence-electron chi connectivity index (χ2n) is 5.52. The standard InChI is InChI=1S/C19H18BrN3O/c1-3-8-24-13-23-12-16(18-9-17(20)11-22-19(18)23)5-4-15-10-21-7-6-14(15)2/h6-7,9-12H,3,8,13H2,1-2H3. The molecule has 0 aliphatic heterocycles. The van der Waals surface area contributed by atoms with Crippen LogP contribution in [0.4, 0.5) is 0 Å². The molecule has 0 amide bonds. The minimum atomic E-state index is 0.479. The average Bonchev–Trinajstić information content (AvgIpc) is 2.91. The number of hydrogen-bond donors (Lipinski definition) is 0. The third-order valence-electron chi connectivity index (χ3n) is 3.63. The molecule has 3 rings (SSSR count). The molecule has 122 valence electrons. The predicted octanol–water partition coefficient (Wildman–Crippen LogP) is 4.29. The summed E-state index contributed by atoms with van der Waals surface area (Å²) in [4.78, 5) is 8.65. The van der Waals surface area contributed by atoms with Crippen LogP contribution in [0.2, 0.25) is 0 Å². The summed E-state index contributed by atoms with van der Waals surface area (Å²) in [7, 11) is 0. The van der Waals surface area contributed by atoms with Gasteiger partial charge in [-0.15, -0.1) is 0 Å². The maximum absolute atomic E-state index is 5.66. The van der Waals surface area contributed by atoms with Gasteiger partial charge in [0, 0.05) is 46.8 Å². The molecule has 0 aromatic carbocycles. The first-order valence-electron chi connectivity index (χ1n) is 7.84. The topological polar surface area (TPSA) is 39.9 Å². The highest BCUT2D eigenvalue weighted by molar-refractivity contribution is 9.10. The summed E-state index contributed by atoms with van der Waals surface area (Å²) >= 11 is 3.49. The number of halogens is 1. The largest absolute Gasteiger partial charge is 0.361 e. The number of aryl methyl sites for hydroxylation is 1. The van der Waals surface area contributed by atoms with Crippen LogP contribution in [0.15, 0.2) is 41.4 Å². The van der Waals surface area contributed by atoms with Crippen molar-refractivity contribution < 1.29 is 4.74 Å². The van der Waals surface area contributed by atoms with Gasteiger partial charge >= 0.3 is 0 Å². The molecule has 5 heteroatoms. The Balaban J connectivity index is 2.01. The molecule has 0 saturated carbocycles. The van der Waals surface area contributed by atoms with Crippen LogP contribution in [0.5, 0.6) is 0 Å². The number of rotatable bonds is 4. The predicted molar refractivity (Wildman–Crippen MR) is 98.6 cm³/mol. The van der Waals surface area contributed by atoms with Gasteiger partial charge in [0.15, 0.2) is 0 Å². The van der Waals surface area contributed by atoms with E-state index < -0.39 is 0 Å². The molecule has 0 N–H and O–H groups in total. The normalized spacial score (nSPS) is 10.6. The fourth-order valence-corrected chi connectivity index (χ4v) is 2.71. The second kappa shape index (κ2) is 7.61. The molecule has 0 spiro atoms. The molecule has 0 atom stereocenters. The van der Waals surface area contributed by atoms with E-state index in [1.54, 1.807) is 18.6 Å². The fourth-order valence-electron chi connectivity index (χ4n) is 2.38. The summed E-state index contributed by atoms with van der Waals surface area (Å²) in [6.45, 7) is 5.33.